The highest BCUT2D eigenvalue weighted by Crippen LogP contribution is 2.20. The highest BCUT2D eigenvalue weighted by molar-refractivity contribution is 5.89. The number of carbonyl (C=O) groups excluding carboxylic acids is 1. The average Bonchev–Trinajstić information content (AvgIpc) is 2.87. The van der Waals surface area contributed by atoms with E-state index in [-0.39, 0.29) is 11.8 Å². The number of hydrogen-bond acceptors (Lipinski definition) is 5. The van der Waals surface area contributed by atoms with Gasteiger partial charge in [-0.3, -0.25) is 0 Å². The Morgan fingerprint density at radius 1 is 0.882 bits per heavy atom. The molecule has 0 N–H and O–H groups in total. The van der Waals surface area contributed by atoms with Gasteiger partial charge in [0.1, 0.15) is 6.07 Å². The molecule has 0 aliphatic rings. The zero-order valence-corrected chi connectivity index (χ0v) is 20.3. The van der Waals surface area contributed by atoms with Crippen LogP contribution < -0.4 is 0 Å². The summed E-state index contributed by atoms with van der Waals surface area (Å²) in [5.74, 6) is -0.135. The molecule has 5 heteroatoms. The Labute approximate surface area is 203 Å². The smallest absolute Gasteiger partial charge is 0.338 e. The minimum Gasteiger partial charge on any atom is -0.462 e. The van der Waals surface area contributed by atoms with Crippen molar-refractivity contribution in [2.45, 2.75) is 77.6 Å². The minimum absolute atomic E-state index is 0.153. The molecule has 5 nitrogen and oxygen atoms in total. The number of ether oxygens (including phenoxy) is 1. The lowest BCUT2D eigenvalue weighted by molar-refractivity contribution is 0.0497. The summed E-state index contributed by atoms with van der Waals surface area (Å²) in [5.41, 5.74) is 3.01. The van der Waals surface area contributed by atoms with Crippen molar-refractivity contribution in [1.82, 2.24) is 9.97 Å². The van der Waals surface area contributed by atoms with Gasteiger partial charge < -0.3 is 4.74 Å². The lowest BCUT2D eigenvalue weighted by Crippen LogP contribution is -2.07. The van der Waals surface area contributed by atoms with E-state index in [1.54, 1.807) is 6.07 Å². The van der Waals surface area contributed by atoms with Crippen molar-refractivity contribution in [1.29, 1.82) is 5.26 Å². The van der Waals surface area contributed by atoms with Crippen LogP contribution in [0.3, 0.4) is 0 Å². The van der Waals surface area contributed by atoms with Crippen LogP contribution in [-0.2, 0) is 11.2 Å². The molecule has 3 aromatic rings. The number of unbranched alkanes of at least 4 members (excludes halogenated alkanes) is 9. The number of nitrogens with zero attached hydrogens (tertiary/aromatic N) is 3. The van der Waals surface area contributed by atoms with Crippen molar-refractivity contribution in [3.63, 3.8) is 0 Å². The number of rotatable bonds is 14. The van der Waals surface area contributed by atoms with Crippen LogP contribution in [0.25, 0.3) is 10.9 Å². The molecule has 1 heterocycles. The van der Waals surface area contributed by atoms with E-state index in [1.807, 2.05) is 48.5 Å². The summed E-state index contributed by atoms with van der Waals surface area (Å²) < 4.78 is 5.50. The van der Waals surface area contributed by atoms with Crippen molar-refractivity contribution >= 4 is 16.9 Å². The Morgan fingerprint density at radius 3 is 2.32 bits per heavy atom. The highest BCUT2D eigenvalue weighted by atomic mass is 16.5. The quantitative estimate of drug-likeness (QED) is 0.189. The number of carbonyl (C=O) groups is 1. The van der Waals surface area contributed by atoms with Gasteiger partial charge in [0, 0.05) is 11.8 Å². The molecule has 3 rings (SSSR count). The second-order valence-electron chi connectivity index (χ2n) is 8.82. The van der Waals surface area contributed by atoms with Crippen molar-refractivity contribution in [2.75, 3.05) is 6.61 Å². The molecule has 0 atom stereocenters. The monoisotopic (exact) mass is 457 g/mol. The van der Waals surface area contributed by atoms with Gasteiger partial charge in [-0.15, -0.1) is 0 Å². The van der Waals surface area contributed by atoms with Crippen LogP contribution in [0, 0.1) is 11.3 Å². The topological polar surface area (TPSA) is 75.9 Å². The second-order valence-corrected chi connectivity index (χ2v) is 8.82. The van der Waals surface area contributed by atoms with Crippen LogP contribution >= 0.6 is 0 Å². The molecule has 0 fully saturated rings. The molecular formula is C29H35N3O2. The normalized spacial score (nSPS) is 10.8. The van der Waals surface area contributed by atoms with E-state index in [0.717, 1.165) is 35.0 Å². The van der Waals surface area contributed by atoms with E-state index < -0.39 is 0 Å². The van der Waals surface area contributed by atoms with E-state index >= 15 is 0 Å². The van der Waals surface area contributed by atoms with E-state index in [0.29, 0.717) is 18.6 Å². The number of esters is 1. The molecule has 0 spiro atoms. The fourth-order valence-electron chi connectivity index (χ4n) is 4.17. The molecule has 0 saturated carbocycles. The Kier molecular flexibility index (Phi) is 10.5. The van der Waals surface area contributed by atoms with E-state index in [4.69, 9.17) is 4.74 Å². The summed E-state index contributed by atoms with van der Waals surface area (Å²) in [6, 6.07) is 17.1. The van der Waals surface area contributed by atoms with E-state index in [2.05, 4.69) is 16.9 Å². The van der Waals surface area contributed by atoms with Gasteiger partial charge >= 0.3 is 5.97 Å². The van der Waals surface area contributed by atoms with Gasteiger partial charge in [0.15, 0.2) is 0 Å². The number of para-hydroxylation sites is 1. The van der Waals surface area contributed by atoms with Crippen LogP contribution in [0.5, 0.6) is 0 Å². The molecule has 178 valence electrons. The first kappa shape index (κ1) is 25.4. The number of fused-ring (bicyclic) bond motifs is 1. The Morgan fingerprint density at radius 2 is 1.59 bits per heavy atom. The predicted molar refractivity (Wildman–Crippen MR) is 136 cm³/mol. The third-order valence-corrected chi connectivity index (χ3v) is 6.05. The van der Waals surface area contributed by atoms with Crippen molar-refractivity contribution < 1.29 is 9.53 Å². The third-order valence-electron chi connectivity index (χ3n) is 6.05. The Bertz CT molecular complexity index is 1100. The molecule has 0 saturated heterocycles. The number of benzene rings is 2. The van der Waals surface area contributed by atoms with Crippen LogP contribution in [0.1, 0.15) is 98.6 Å². The van der Waals surface area contributed by atoms with Crippen molar-refractivity contribution in [3.05, 3.63) is 71.2 Å². The van der Waals surface area contributed by atoms with Gasteiger partial charge in [-0.05, 0) is 30.2 Å². The fraction of sp³-hybridized carbons (Fsp3) is 0.448. The fourth-order valence-corrected chi connectivity index (χ4v) is 4.17. The Balaban J connectivity index is 1.45. The zero-order chi connectivity index (χ0) is 24.0. The molecule has 2 aromatic carbocycles. The molecule has 0 bridgehead atoms. The van der Waals surface area contributed by atoms with Gasteiger partial charge in [-0.25, -0.2) is 14.8 Å². The molecular weight excluding hydrogens is 422 g/mol. The maximum absolute atomic E-state index is 12.5. The summed E-state index contributed by atoms with van der Waals surface area (Å²) >= 11 is 0. The highest BCUT2D eigenvalue weighted by Gasteiger charge is 2.11. The number of nitriles is 1. The molecule has 0 unspecified atom stereocenters. The number of hydrogen-bond donors (Lipinski definition) is 0. The van der Waals surface area contributed by atoms with Crippen LogP contribution in [0.15, 0.2) is 48.5 Å². The summed E-state index contributed by atoms with van der Waals surface area (Å²) in [6.45, 7) is 2.71. The van der Waals surface area contributed by atoms with Crippen molar-refractivity contribution in [2.24, 2.45) is 0 Å². The van der Waals surface area contributed by atoms with Crippen LogP contribution in [0.2, 0.25) is 0 Å². The SMILES string of the molecule is CCCCCCCCCCCCOC(=O)c1cccc(Cc2nc(C#N)nc3ccccc23)c1. The maximum Gasteiger partial charge on any atom is 0.338 e. The largest absolute Gasteiger partial charge is 0.462 e. The maximum atomic E-state index is 12.5. The summed E-state index contributed by atoms with van der Waals surface area (Å²) in [5, 5.41) is 10.2. The zero-order valence-electron chi connectivity index (χ0n) is 20.3. The minimum atomic E-state index is -0.289. The van der Waals surface area contributed by atoms with Gasteiger partial charge in [0.2, 0.25) is 5.82 Å². The van der Waals surface area contributed by atoms with Gasteiger partial charge in [0.05, 0.1) is 23.4 Å². The summed E-state index contributed by atoms with van der Waals surface area (Å²) in [4.78, 5) is 21.2. The van der Waals surface area contributed by atoms with E-state index in [1.165, 1.54) is 51.4 Å². The first-order valence-corrected chi connectivity index (χ1v) is 12.6. The lowest BCUT2D eigenvalue weighted by Gasteiger charge is -2.09. The average molecular weight is 458 g/mol. The second kappa shape index (κ2) is 14.1. The first-order chi connectivity index (χ1) is 16.7. The first-order valence-electron chi connectivity index (χ1n) is 12.6. The van der Waals surface area contributed by atoms with Gasteiger partial charge in [-0.1, -0.05) is 95.0 Å². The Hall–Kier alpha value is -3.26. The van der Waals surface area contributed by atoms with Crippen LogP contribution in [0.4, 0.5) is 0 Å². The lowest BCUT2D eigenvalue weighted by atomic mass is 10.0. The number of aromatic nitrogens is 2. The molecule has 1 aromatic heterocycles. The van der Waals surface area contributed by atoms with Gasteiger partial charge in [-0.2, -0.15) is 5.26 Å². The van der Waals surface area contributed by atoms with Gasteiger partial charge in [0.25, 0.3) is 0 Å². The molecule has 0 amide bonds. The summed E-state index contributed by atoms with van der Waals surface area (Å²) in [6.07, 6.45) is 13.0. The molecule has 0 radical (unpaired) electrons. The van der Waals surface area contributed by atoms with E-state index in [9.17, 15) is 10.1 Å². The third kappa shape index (κ3) is 7.95. The van der Waals surface area contributed by atoms with Crippen LogP contribution in [-0.4, -0.2) is 22.5 Å². The molecule has 0 aliphatic carbocycles. The standard InChI is InChI=1S/C29H35N3O2/c1-2-3-4-5-6-7-8-9-10-13-19-34-29(33)24-16-14-15-23(20-24)21-27-25-17-11-12-18-26(25)31-28(22-30)32-27/h11-12,14-18,20H,2-10,13,19,21H2,1H3. The molecule has 0 aliphatic heterocycles. The summed E-state index contributed by atoms with van der Waals surface area (Å²) in [7, 11) is 0. The molecule has 34 heavy (non-hydrogen) atoms. The predicted octanol–water partition coefficient (Wildman–Crippen LogP) is 7.17. The van der Waals surface area contributed by atoms with Crippen molar-refractivity contribution in [3.8, 4) is 6.07 Å².